The number of carboxylic acid groups (broad SMARTS) is 1. The molecule has 1 aromatic heterocycles. The van der Waals surface area contributed by atoms with Crippen molar-refractivity contribution in [1.29, 1.82) is 0 Å². The van der Waals surface area contributed by atoms with Crippen LogP contribution in [0.25, 0.3) is 11.1 Å². The molecule has 1 heterocycles. The quantitative estimate of drug-likeness (QED) is 0.480. The fraction of sp³-hybridized carbons (Fsp3) is 0.429. The van der Waals surface area contributed by atoms with Crippen molar-refractivity contribution in [2.45, 2.75) is 71.8 Å². The average molecular weight is 447 g/mol. The van der Waals surface area contributed by atoms with Crippen molar-refractivity contribution in [3.63, 3.8) is 0 Å². The number of aromatic nitrogens is 2. The highest BCUT2D eigenvalue weighted by atomic mass is 16.5. The molecule has 0 saturated carbocycles. The van der Waals surface area contributed by atoms with E-state index in [4.69, 9.17) is 14.9 Å². The standard InChI is InChI=1S/C28H34N2O3/c1-18-27(20-8-10-23(11-9-20)28(3,4)5)19(2)30(29-18)14-15-33-24-12-13-25-21(16-24)6-7-22(25)17-26(31)32/h8-13,16,22H,6-7,14-15,17H2,1-5H3,(H,31,32)/t22-/m0/s1. The van der Waals surface area contributed by atoms with Gasteiger partial charge in [0.05, 0.1) is 18.7 Å². The van der Waals surface area contributed by atoms with E-state index in [0.29, 0.717) is 13.2 Å². The lowest BCUT2D eigenvalue weighted by atomic mass is 9.86. The Hall–Kier alpha value is -3.08. The third-order valence-corrected chi connectivity index (χ3v) is 6.73. The molecule has 33 heavy (non-hydrogen) atoms. The van der Waals surface area contributed by atoms with Crippen LogP contribution in [-0.4, -0.2) is 27.5 Å². The van der Waals surface area contributed by atoms with E-state index in [1.165, 1.54) is 22.3 Å². The minimum absolute atomic E-state index is 0.122. The lowest BCUT2D eigenvalue weighted by Crippen LogP contribution is -2.11. The topological polar surface area (TPSA) is 64.4 Å². The predicted octanol–water partition coefficient (Wildman–Crippen LogP) is 6.05. The number of carbonyl (C=O) groups is 1. The van der Waals surface area contributed by atoms with E-state index >= 15 is 0 Å². The maximum absolute atomic E-state index is 11.1. The smallest absolute Gasteiger partial charge is 0.303 e. The number of aliphatic carboxylic acids is 1. The second kappa shape index (κ2) is 9.05. The molecule has 0 bridgehead atoms. The van der Waals surface area contributed by atoms with Crippen LogP contribution in [0.5, 0.6) is 5.75 Å². The molecule has 5 heteroatoms. The van der Waals surface area contributed by atoms with Crippen LogP contribution in [0.1, 0.15) is 67.6 Å². The van der Waals surface area contributed by atoms with Crippen LogP contribution < -0.4 is 4.74 Å². The third-order valence-electron chi connectivity index (χ3n) is 6.73. The lowest BCUT2D eigenvalue weighted by Gasteiger charge is -2.19. The second-order valence-corrected chi connectivity index (χ2v) is 10.1. The number of fused-ring (bicyclic) bond motifs is 1. The molecule has 1 atom stereocenters. The first-order valence-corrected chi connectivity index (χ1v) is 11.8. The molecule has 174 valence electrons. The summed E-state index contributed by atoms with van der Waals surface area (Å²) in [4.78, 5) is 11.1. The number of nitrogens with zero attached hydrogens (tertiary/aromatic N) is 2. The van der Waals surface area contributed by atoms with Gasteiger partial charge in [0.1, 0.15) is 12.4 Å². The van der Waals surface area contributed by atoms with Crippen LogP contribution in [-0.2, 0) is 23.2 Å². The molecule has 1 aliphatic carbocycles. The van der Waals surface area contributed by atoms with Gasteiger partial charge >= 0.3 is 5.97 Å². The first-order valence-electron chi connectivity index (χ1n) is 11.8. The Bertz CT molecular complexity index is 1150. The number of ether oxygens (including phenoxy) is 1. The summed E-state index contributed by atoms with van der Waals surface area (Å²) in [7, 11) is 0. The molecule has 0 unspecified atom stereocenters. The predicted molar refractivity (Wildman–Crippen MR) is 131 cm³/mol. The van der Waals surface area contributed by atoms with Crippen molar-refractivity contribution in [1.82, 2.24) is 9.78 Å². The molecule has 0 saturated heterocycles. The summed E-state index contributed by atoms with van der Waals surface area (Å²) in [6.45, 7) is 12.1. The van der Waals surface area contributed by atoms with Gasteiger partial charge in [0.25, 0.3) is 0 Å². The highest BCUT2D eigenvalue weighted by Crippen LogP contribution is 2.37. The summed E-state index contributed by atoms with van der Waals surface area (Å²) in [5.41, 5.74) is 8.39. The molecule has 0 aliphatic heterocycles. The molecular weight excluding hydrogens is 412 g/mol. The minimum Gasteiger partial charge on any atom is -0.492 e. The van der Waals surface area contributed by atoms with Crippen LogP contribution >= 0.6 is 0 Å². The van der Waals surface area contributed by atoms with Gasteiger partial charge in [-0.1, -0.05) is 51.1 Å². The molecule has 4 rings (SSSR count). The molecule has 1 aliphatic rings. The molecule has 0 fully saturated rings. The van der Waals surface area contributed by atoms with Crippen molar-refractivity contribution in [3.05, 3.63) is 70.5 Å². The Balaban J connectivity index is 1.42. The van der Waals surface area contributed by atoms with Crippen molar-refractivity contribution >= 4 is 5.97 Å². The Morgan fingerprint density at radius 2 is 1.88 bits per heavy atom. The summed E-state index contributed by atoms with van der Waals surface area (Å²) < 4.78 is 8.06. The van der Waals surface area contributed by atoms with Gasteiger partial charge in [-0.2, -0.15) is 5.10 Å². The molecule has 2 aromatic carbocycles. The largest absolute Gasteiger partial charge is 0.492 e. The third kappa shape index (κ3) is 4.97. The van der Waals surface area contributed by atoms with Gasteiger partial charge in [-0.3, -0.25) is 9.48 Å². The molecular formula is C28H34N2O3. The number of carboxylic acids is 1. The Morgan fingerprint density at radius 3 is 2.55 bits per heavy atom. The summed E-state index contributed by atoms with van der Waals surface area (Å²) in [5, 5.41) is 13.9. The highest BCUT2D eigenvalue weighted by Gasteiger charge is 2.25. The van der Waals surface area contributed by atoms with Gasteiger partial charge in [0.15, 0.2) is 0 Å². The van der Waals surface area contributed by atoms with Crippen molar-refractivity contribution in [2.24, 2.45) is 0 Å². The molecule has 1 N–H and O–H groups in total. The molecule has 0 spiro atoms. The van der Waals surface area contributed by atoms with E-state index in [1.807, 2.05) is 16.8 Å². The normalized spacial score (nSPS) is 15.5. The maximum Gasteiger partial charge on any atom is 0.303 e. The van der Waals surface area contributed by atoms with E-state index in [0.717, 1.165) is 35.5 Å². The van der Waals surface area contributed by atoms with Crippen molar-refractivity contribution < 1.29 is 14.6 Å². The van der Waals surface area contributed by atoms with Crippen LogP contribution in [0.4, 0.5) is 0 Å². The zero-order valence-electron chi connectivity index (χ0n) is 20.3. The number of hydrogen-bond donors (Lipinski definition) is 1. The van der Waals surface area contributed by atoms with Crippen molar-refractivity contribution in [2.75, 3.05) is 6.61 Å². The van der Waals surface area contributed by atoms with Gasteiger partial charge in [-0.15, -0.1) is 0 Å². The highest BCUT2D eigenvalue weighted by molar-refractivity contribution is 5.69. The summed E-state index contributed by atoms with van der Waals surface area (Å²) in [6.07, 6.45) is 2.02. The SMILES string of the molecule is Cc1nn(CCOc2ccc3c(c2)CC[C@H]3CC(=O)O)c(C)c1-c1ccc(C(C)(C)C)cc1. The fourth-order valence-electron chi connectivity index (χ4n) is 4.91. The van der Waals surface area contributed by atoms with Gasteiger partial charge in [0, 0.05) is 11.3 Å². The number of hydrogen-bond acceptors (Lipinski definition) is 3. The number of benzene rings is 2. The summed E-state index contributed by atoms with van der Waals surface area (Å²) in [6, 6.07) is 14.9. The van der Waals surface area contributed by atoms with E-state index in [-0.39, 0.29) is 17.8 Å². The Morgan fingerprint density at radius 1 is 1.15 bits per heavy atom. The van der Waals surface area contributed by atoms with E-state index in [1.54, 1.807) is 0 Å². The Labute approximate surface area is 196 Å². The molecule has 0 amide bonds. The van der Waals surface area contributed by atoms with Crippen LogP contribution in [0.3, 0.4) is 0 Å². The first-order chi connectivity index (χ1) is 15.6. The fourth-order valence-corrected chi connectivity index (χ4v) is 4.91. The zero-order chi connectivity index (χ0) is 23.8. The summed E-state index contributed by atoms with van der Waals surface area (Å²) in [5.74, 6) is 0.226. The summed E-state index contributed by atoms with van der Waals surface area (Å²) >= 11 is 0. The minimum atomic E-state index is -0.734. The van der Waals surface area contributed by atoms with E-state index in [9.17, 15) is 4.79 Å². The Kier molecular flexibility index (Phi) is 6.33. The average Bonchev–Trinajstić information content (AvgIpc) is 3.27. The maximum atomic E-state index is 11.1. The van der Waals surface area contributed by atoms with Crippen LogP contribution in [0, 0.1) is 13.8 Å². The molecule has 3 aromatic rings. The monoisotopic (exact) mass is 446 g/mol. The van der Waals surface area contributed by atoms with Gasteiger partial charge in [0.2, 0.25) is 0 Å². The molecule has 5 nitrogen and oxygen atoms in total. The first kappa shape index (κ1) is 23.1. The van der Waals surface area contributed by atoms with Gasteiger partial charge in [-0.25, -0.2) is 0 Å². The van der Waals surface area contributed by atoms with Crippen LogP contribution in [0.15, 0.2) is 42.5 Å². The number of aryl methyl sites for hydroxylation is 2. The van der Waals surface area contributed by atoms with Gasteiger partial charge in [-0.05, 0) is 72.4 Å². The van der Waals surface area contributed by atoms with Crippen LogP contribution in [0.2, 0.25) is 0 Å². The van der Waals surface area contributed by atoms with Gasteiger partial charge < -0.3 is 9.84 Å². The number of rotatable bonds is 7. The molecule has 0 radical (unpaired) electrons. The lowest BCUT2D eigenvalue weighted by molar-refractivity contribution is -0.137. The van der Waals surface area contributed by atoms with E-state index < -0.39 is 5.97 Å². The van der Waals surface area contributed by atoms with Crippen molar-refractivity contribution in [3.8, 4) is 16.9 Å². The van der Waals surface area contributed by atoms with E-state index in [2.05, 4.69) is 65.0 Å². The second-order valence-electron chi connectivity index (χ2n) is 10.1. The zero-order valence-corrected chi connectivity index (χ0v) is 20.3.